The predicted molar refractivity (Wildman–Crippen MR) is 77.0 cm³/mol. The average Bonchev–Trinajstić information content (AvgIpc) is 2.85. The van der Waals surface area contributed by atoms with Gasteiger partial charge in [0.25, 0.3) is 0 Å². The molecule has 2 N–H and O–H groups in total. The van der Waals surface area contributed by atoms with Crippen molar-refractivity contribution in [1.29, 1.82) is 0 Å². The summed E-state index contributed by atoms with van der Waals surface area (Å²) >= 11 is 6.21. The molecule has 0 aromatic heterocycles. The largest absolute Gasteiger partial charge is 0.493 e. The Balaban J connectivity index is 2.11. The third-order valence-electron chi connectivity index (χ3n) is 3.60. The monoisotopic (exact) mass is 284 g/mol. The molecule has 1 aliphatic rings. The van der Waals surface area contributed by atoms with E-state index in [9.17, 15) is 0 Å². The molecule has 1 unspecified atom stereocenters. The van der Waals surface area contributed by atoms with Crippen molar-refractivity contribution in [3.63, 3.8) is 0 Å². The van der Waals surface area contributed by atoms with E-state index in [-0.39, 0.29) is 0 Å². The molecular weight excluding hydrogens is 264 g/mol. The normalized spacial score (nSPS) is 19.7. The second-order valence-corrected chi connectivity index (χ2v) is 5.35. The molecule has 0 aliphatic carbocycles. The van der Waals surface area contributed by atoms with Gasteiger partial charge in [-0.2, -0.15) is 0 Å². The van der Waals surface area contributed by atoms with E-state index in [1.165, 1.54) is 6.42 Å². The Kier molecular flexibility index (Phi) is 4.91. The van der Waals surface area contributed by atoms with Crippen LogP contribution in [-0.4, -0.2) is 38.8 Å². The summed E-state index contributed by atoms with van der Waals surface area (Å²) in [6.45, 7) is 3.79. The molecule has 2 rings (SSSR count). The molecule has 0 radical (unpaired) electrons. The molecule has 1 heterocycles. The van der Waals surface area contributed by atoms with Crippen LogP contribution in [0.15, 0.2) is 12.1 Å². The van der Waals surface area contributed by atoms with Crippen LogP contribution in [0, 0.1) is 5.92 Å². The van der Waals surface area contributed by atoms with Crippen molar-refractivity contribution in [2.45, 2.75) is 13.0 Å². The zero-order valence-electron chi connectivity index (χ0n) is 11.5. The summed E-state index contributed by atoms with van der Waals surface area (Å²) in [5.74, 6) is 1.89. The van der Waals surface area contributed by atoms with E-state index >= 15 is 0 Å². The lowest BCUT2D eigenvalue weighted by Gasteiger charge is -2.17. The van der Waals surface area contributed by atoms with Gasteiger partial charge < -0.3 is 15.2 Å². The summed E-state index contributed by atoms with van der Waals surface area (Å²) in [5, 5.41) is 0.589. The van der Waals surface area contributed by atoms with Crippen LogP contribution in [0.5, 0.6) is 11.5 Å². The predicted octanol–water partition coefficient (Wildman–Crippen LogP) is 2.14. The van der Waals surface area contributed by atoms with Gasteiger partial charge in [0.15, 0.2) is 11.5 Å². The highest BCUT2D eigenvalue weighted by atomic mass is 35.5. The van der Waals surface area contributed by atoms with E-state index in [4.69, 9.17) is 26.8 Å². The molecular formula is C14H21ClN2O2. The Morgan fingerprint density at radius 1 is 1.37 bits per heavy atom. The number of halogens is 1. The molecule has 1 atom stereocenters. The first-order valence-corrected chi connectivity index (χ1v) is 6.88. The van der Waals surface area contributed by atoms with Crippen molar-refractivity contribution >= 4 is 11.6 Å². The minimum atomic E-state index is 0.589. The molecule has 19 heavy (non-hydrogen) atoms. The number of rotatable bonds is 5. The molecule has 4 nitrogen and oxygen atoms in total. The van der Waals surface area contributed by atoms with Gasteiger partial charge in [0.1, 0.15) is 0 Å². The molecule has 1 aliphatic heterocycles. The third kappa shape index (κ3) is 3.32. The lowest BCUT2D eigenvalue weighted by Crippen LogP contribution is -2.22. The van der Waals surface area contributed by atoms with E-state index in [1.54, 1.807) is 14.2 Å². The van der Waals surface area contributed by atoms with Crippen LogP contribution in [0.3, 0.4) is 0 Å². The number of hydrogen-bond acceptors (Lipinski definition) is 4. The van der Waals surface area contributed by atoms with Gasteiger partial charge in [-0.1, -0.05) is 11.6 Å². The number of nitrogens with zero attached hydrogens (tertiary/aromatic N) is 1. The van der Waals surface area contributed by atoms with Crippen molar-refractivity contribution in [2.24, 2.45) is 11.7 Å². The molecule has 0 amide bonds. The van der Waals surface area contributed by atoms with Gasteiger partial charge in [-0.15, -0.1) is 0 Å². The van der Waals surface area contributed by atoms with E-state index in [1.807, 2.05) is 12.1 Å². The topological polar surface area (TPSA) is 47.7 Å². The fraction of sp³-hybridized carbons (Fsp3) is 0.571. The molecule has 5 heteroatoms. The summed E-state index contributed by atoms with van der Waals surface area (Å²) in [6.07, 6.45) is 1.18. The van der Waals surface area contributed by atoms with E-state index in [0.29, 0.717) is 22.4 Å². The zero-order valence-corrected chi connectivity index (χ0v) is 12.2. The van der Waals surface area contributed by atoms with Gasteiger partial charge in [-0.25, -0.2) is 0 Å². The van der Waals surface area contributed by atoms with E-state index in [2.05, 4.69) is 4.90 Å². The van der Waals surface area contributed by atoms with Gasteiger partial charge in [-0.05, 0) is 43.1 Å². The molecule has 0 bridgehead atoms. The molecule has 1 saturated heterocycles. The zero-order chi connectivity index (χ0) is 13.8. The van der Waals surface area contributed by atoms with Gasteiger partial charge in [-0.3, -0.25) is 4.90 Å². The molecule has 1 fully saturated rings. The Labute approximate surface area is 119 Å². The van der Waals surface area contributed by atoms with Crippen molar-refractivity contribution in [1.82, 2.24) is 4.90 Å². The second-order valence-electron chi connectivity index (χ2n) is 4.94. The average molecular weight is 285 g/mol. The number of methoxy groups -OCH3 is 2. The van der Waals surface area contributed by atoms with Crippen LogP contribution in [0.1, 0.15) is 12.0 Å². The summed E-state index contributed by atoms with van der Waals surface area (Å²) < 4.78 is 10.6. The quantitative estimate of drug-likeness (QED) is 0.900. The number of nitrogens with two attached hydrogens (primary N) is 1. The van der Waals surface area contributed by atoms with Crippen molar-refractivity contribution < 1.29 is 9.47 Å². The maximum absolute atomic E-state index is 6.21. The van der Waals surface area contributed by atoms with Gasteiger partial charge in [0.05, 0.1) is 19.2 Å². The van der Waals surface area contributed by atoms with E-state index < -0.39 is 0 Å². The van der Waals surface area contributed by atoms with Crippen LogP contribution < -0.4 is 15.2 Å². The van der Waals surface area contributed by atoms with Gasteiger partial charge >= 0.3 is 0 Å². The SMILES string of the molecule is COc1cc(CN2CCC(CN)C2)cc(Cl)c1OC. The first-order valence-electron chi connectivity index (χ1n) is 6.50. The Morgan fingerprint density at radius 2 is 2.16 bits per heavy atom. The Bertz CT molecular complexity index is 440. The summed E-state index contributed by atoms with van der Waals surface area (Å²) in [5.41, 5.74) is 6.85. The van der Waals surface area contributed by atoms with Crippen LogP contribution in [0.4, 0.5) is 0 Å². The molecule has 106 valence electrons. The highest BCUT2D eigenvalue weighted by molar-refractivity contribution is 6.32. The standard InChI is InChI=1S/C14H21ClN2O2/c1-18-13-6-11(5-12(15)14(13)19-2)9-17-4-3-10(7-16)8-17/h5-6,10H,3-4,7-9,16H2,1-2H3. The van der Waals surface area contributed by atoms with Crippen molar-refractivity contribution in [3.8, 4) is 11.5 Å². The first kappa shape index (κ1) is 14.4. The molecule has 0 saturated carbocycles. The minimum absolute atomic E-state index is 0.589. The molecule has 1 aromatic carbocycles. The summed E-state index contributed by atoms with van der Waals surface area (Å²) in [6, 6.07) is 3.93. The van der Waals surface area contributed by atoms with Crippen LogP contribution in [-0.2, 0) is 6.54 Å². The summed E-state index contributed by atoms with van der Waals surface area (Å²) in [4.78, 5) is 2.40. The van der Waals surface area contributed by atoms with Crippen molar-refractivity contribution in [3.05, 3.63) is 22.7 Å². The highest BCUT2D eigenvalue weighted by Crippen LogP contribution is 2.36. The number of benzene rings is 1. The van der Waals surface area contributed by atoms with Crippen LogP contribution >= 0.6 is 11.6 Å². The number of ether oxygens (including phenoxy) is 2. The molecule has 1 aromatic rings. The third-order valence-corrected chi connectivity index (χ3v) is 3.88. The highest BCUT2D eigenvalue weighted by Gasteiger charge is 2.22. The smallest absolute Gasteiger partial charge is 0.179 e. The van der Waals surface area contributed by atoms with Gasteiger partial charge in [0, 0.05) is 13.1 Å². The first-order chi connectivity index (χ1) is 9.17. The number of hydrogen-bond donors (Lipinski definition) is 1. The Hall–Kier alpha value is -0.970. The van der Waals surface area contributed by atoms with Gasteiger partial charge in [0.2, 0.25) is 0 Å². The second kappa shape index (κ2) is 6.46. The maximum Gasteiger partial charge on any atom is 0.179 e. The summed E-state index contributed by atoms with van der Waals surface area (Å²) in [7, 11) is 3.22. The van der Waals surface area contributed by atoms with E-state index in [0.717, 1.165) is 31.7 Å². The maximum atomic E-state index is 6.21. The lowest BCUT2D eigenvalue weighted by atomic mass is 10.1. The minimum Gasteiger partial charge on any atom is -0.493 e. The Morgan fingerprint density at radius 3 is 2.74 bits per heavy atom. The van der Waals surface area contributed by atoms with Crippen LogP contribution in [0.2, 0.25) is 5.02 Å². The fourth-order valence-electron chi connectivity index (χ4n) is 2.57. The van der Waals surface area contributed by atoms with Crippen LogP contribution in [0.25, 0.3) is 0 Å². The van der Waals surface area contributed by atoms with Crippen molar-refractivity contribution in [2.75, 3.05) is 33.9 Å². The lowest BCUT2D eigenvalue weighted by molar-refractivity contribution is 0.315. The number of likely N-dealkylation sites (tertiary alicyclic amines) is 1. The molecule has 0 spiro atoms. The fourth-order valence-corrected chi connectivity index (χ4v) is 2.88.